The van der Waals surface area contributed by atoms with E-state index in [1.54, 1.807) is 19.2 Å². The molecular weight excluding hydrogens is 447 g/mol. The lowest BCUT2D eigenvalue weighted by molar-refractivity contribution is -0.146. The molecule has 0 saturated heterocycles. The summed E-state index contributed by atoms with van der Waals surface area (Å²) in [6.07, 6.45) is 0.422. The van der Waals surface area contributed by atoms with E-state index in [9.17, 15) is 18.0 Å². The fourth-order valence-corrected chi connectivity index (χ4v) is 2.89. The van der Waals surface area contributed by atoms with Crippen molar-refractivity contribution < 1.29 is 18.0 Å². The first-order valence-corrected chi connectivity index (χ1v) is 10.0. The Labute approximate surface area is 193 Å². The average Bonchev–Trinajstić information content (AvgIpc) is 3.30. The van der Waals surface area contributed by atoms with Gasteiger partial charge in [-0.1, -0.05) is 12.6 Å². The summed E-state index contributed by atoms with van der Waals surface area (Å²) in [6, 6.07) is 7.80. The molecule has 1 aromatic carbocycles. The van der Waals surface area contributed by atoms with Gasteiger partial charge in [-0.3, -0.25) is 14.8 Å². The minimum absolute atomic E-state index is 0.00141. The molecule has 176 valence electrons. The number of pyridine rings is 1. The lowest BCUT2D eigenvalue weighted by Crippen LogP contribution is -2.26. The zero-order chi connectivity index (χ0) is 24.9. The van der Waals surface area contributed by atoms with E-state index < -0.39 is 17.9 Å². The number of nitrogens with two attached hydrogens (primary N) is 1. The second-order valence-corrected chi connectivity index (χ2v) is 7.43. The van der Waals surface area contributed by atoms with Crippen LogP contribution in [0.1, 0.15) is 28.7 Å². The predicted octanol–water partition coefficient (Wildman–Crippen LogP) is 3.83. The van der Waals surface area contributed by atoms with Gasteiger partial charge in [0.1, 0.15) is 6.33 Å². The Bertz CT molecular complexity index is 1260. The molecule has 0 aliphatic rings. The van der Waals surface area contributed by atoms with Crippen molar-refractivity contribution in [3.63, 3.8) is 0 Å². The Kier molecular flexibility index (Phi) is 7.24. The van der Waals surface area contributed by atoms with E-state index >= 15 is 0 Å². The fraction of sp³-hybridized carbons (Fsp3) is 0.174. The molecule has 0 saturated carbocycles. The zero-order valence-electron chi connectivity index (χ0n) is 18.5. The van der Waals surface area contributed by atoms with Gasteiger partial charge in [0.15, 0.2) is 0 Å². The van der Waals surface area contributed by atoms with Gasteiger partial charge in [-0.15, -0.1) is 0 Å². The average molecular weight is 469 g/mol. The first-order chi connectivity index (χ1) is 16.1. The van der Waals surface area contributed by atoms with Crippen molar-refractivity contribution in [2.24, 2.45) is 10.7 Å². The van der Waals surface area contributed by atoms with Gasteiger partial charge in [0, 0.05) is 29.7 Å². The molecule has 2 aromatic heterocycles. The Hall–Kier alpha value is -4.28. The van der Waals surface area contributed by atoms with Crippen molar-refractivity contribution in [2.75, 3.05) is 6.54 Å². The molecule has 34 heavy (non-hydrogen) atoms. The van der Waals surface area contributed by atoms with E-state index in [0.717, 1.165) is 11.9 Å². The van der Waals surface area contributed by atoms with E-state index in [2.05, 4.69) is 32.0 Å². The van der Waals surface area contributed by atoms with E-state index in [4.69, 9.17) is 5.73 Å². The largest absolute Gasteiger partial charge is 0.451 e. The number of amides is 1. The molecule has 0 fully saturated rings. The number of carbonyl (C=O) groups is 1. The third-order valence-electron chi connectivity index (χ3n) is 4.51. The molecule has 0 bridgehead atoms. The molecule has 0 unspecified atom stereocenters. The van der Waals surface area contributed by atoms with E-state index in [-0.39, 0.29) is 17.8 Å². The highest BCUT2D eigenvalue weighted by molar-refractivity contribution is 5.96. The molecule has 0 spiro atoms. The summed E-state index contributed by atoms with van der Waals surface area (Å²) < 4.78 is 40.9. The molecule has 3 rings (SSSR count). The normalized spacial score (nSPS) is 12.2. The van der Waals surface area contributed by atoms with Crippen LogP contribution in [-0.2, 0) is 6.18 Å². The van der Waals surface area contributed by atoms with Crippen LogP contribution in [0.15, 0.2) is 71.9 Å². The summed E-state index contributed by atoms with van der Waals surface area (Å²) in [4.78, 5) is 24.7. The maximum Gasteiger partial charge on any atom is 0.451 e. The number of hydrogen-bond acceptors (Lipinski definition) is 6. The molecule has 11 heteroatoms. The van der Waals surface area contributed by atoms with Crippen molar-refractivity contribution in [3.05, 3.63) is 83.9 Å². The van der Waals surface area contributed by atoms with E-state index in [0.29, 0.717) is 27.2 Å². The molecule has 0 radical (unpaired) electrons. The number of aromatic nitrogens is 4. The van der Waals surface area contributed by atoms with Crippen LogP contribution >= 0.6 is 0 Å². The Morgan fingerprint density at radius 2 is 2.03 bits per heavy atom. The second-order valence-electron chi connectivity index (χ2n) is 7.43. The van der Waals surface area contributed by atoms with Crippen LogP contribution in [0.5, 0.6) is 0 Å². The van der Waals surface area contributed by atoms with Gasteiger partial charge in [0.05, 0.1) is 23.6 Å². The molecule has 2 heterocycles. The number of hydrogen-bond donors (Lipinski definition) is 2. The van der Waals surface area contributed by atoms with Crippen LogP contribution in [0.25, 0.3) is 16.9 Å². The first kappa shape index (κ1) is 24.4. The molecule has 3 N–H and O–H groups in total. The first-order valence-electron chi connectivity index (χ1n) is 10.0. The summed E-state index contributed by atoms with van der Waals surface area (Å²) in [6.45, 7) is 7.31. The molecule has 0 aliphatic carbocycles. The highest BCUT2D eigenvalue weighted by Gasteiger charge is 2.37. The van der Waals surface area contributed by atoms with Crippen LogP contribution in [0.3, 0.4) is 0 Å². The summed E-state index contributed by atoms with van der Waals surface area (Å²) in [5.41, 5.74) is 8.54. The van der Waals surface area contributed by atoms with Gasteiger partial charge < -0.3 is 11.1 Å². The predicted molar refractivity (Wildman–Crippen MR) is 122 cm³/mol. The van der Waals surface area contributed by atoms with Crippen LogP contribution in [-0.4, -0.2) is 38.4 Å². The van der Waals surface area contributed by atoms with Gasteiger partial charge in [-0.25, -0.2) is 9.67 Å². The molecule has 0 atom stereocenters. The second kappa shape index (κ2) is 10.1. The third-order valence-corrected chi connectivity index (χ3v) is 4.51. The minimum Gasteiger partial charge on any atom is -0.403 e. The van der Waals surface area contributed by atoms with Crippen molar-refractivity contribution >= 4 is 12.1 Å². The standard InChI is InChI=1S/C23H22F3N7O/c1-14(2)10-28-18(9-27)12-30-21(34)17-6-16(20-5-4-15(3)11-29-20)7-19(8-17)33-22(23(24,25)26)31-13-32-33/h4-11,13H,1,12,27H2,2-3H3,(H,30,34)/b18-9-,28-10-. The number of allylic oxidation sites excluding steroid dienone is 1. The van der Waals surface area contributed by atoms with Gasteiger partial charge in [-0.05, 0) is 49.2 Å². The number of carbonyl (C=O) groups excluding carboxylic acids is 1. The summed E-state index contributed by atoms with van der Waals surface area (Å²) in [5, 5.41) is 6.37. The molecule has 1 amide bonds. The number of aryl methyl sites for hydroxylation is 1. The quantitative estimate of drug-likeness (QED) is 0.511. The van der Waals surface area contributed by atoms with Crippen molar-refractivity contribution in [1.29, 1.82) is 0 Å². The molecule has 8 nitrogen and oxygen atoms in total. The molecule has 3 aromatic rings. The topological polar surface area (TPSA) is 111 Å². The van der Waals surface area contributed by atoms with Crippen LogP contribution in [0.2, 0.25) is 0 Å². The summed E-state index contributed by atoms with van der Waals surface area (Å²) >= 11 is 0. The fourth-order valence-electron chi connectivity index (χ4n) is 2.89. The van der Waals surface area contributed by atoms with Crippen LogP contribution < -0.4 is 11.1 Å². The summed E-state index contributed by atoms with van der Waals surface area (Å²) in [5.74, 6) is -1.76. The zero-order valence-corrected chi connectivity index (χ0v) is 18.5. The highest BCUT2D eigenvalue weighted by Crippen LogP contribution is 2.30. The minimum atomic E-state index is -4.74. The Balaban J connectivity index is 2.01. The molecular formula is C23H22F3N7O. The number of nitrogens with one attached hydrogen (secondary N) is 1. The van der Waals surface area contributed by atoms with Gasteiger partial charge in [0.25, 0.3) is 5.91 Å². The number of halogens is 3. The number of alkyl halides is 3. The third kappa shape index (κ3) is 5.94. The highest BCUT2D eigenvalue weighted by atomic mass is 19.4. The number of rotatable bonds is 7. The number of benzene rings is 1. The smallest absolute Gasteiger partial charge is 0.403 e. The number of nitrogens with zero attached hydrogens (tertiary/aromatic N) is 5. The monoisotopic (exact) mass is 469 g/mol. The van der Waals surface area contributed by atoms with Crippen molar-refractivity contribution in [3.8, 4) is 16.9 Å². The SMILES string of the molecule is C=C(C)/C=N\C(=C/N)CNC(=O)c1cc(-c2ccc(C)cn2)cc(-n2ncnc2C(F)(F)F)c1. The van der Waals surface area contributed by atoms with E-state index in [1.807, 2.05) is 13.0 Å². The lowest BCUT2D eigenvalue weighted by atomic mass is 10.0. The van der Waals surface area contributed by atoms with Gasteiger partial charge in [0.2, 0.25) is 5.82 Å². The van der Waals surface area contributed by atoms with Gasteiger partial charge >= 0.3 is 6.18 Å². The van der Waals surface area contributed by atoms with Crippen molar-refractivity contribution in [2.45, 2.75) is 20.0 Å². The lowest BCUT2D eigenvalue weighted by Gasteiger charge is -2.13. The number of aliphatic imine (C=N–C) groups is 1. The van der Waals surface area contributed by atoms with Crippen LogP contribution in [0, 0.1) is 6.92 Å². The van der Waals surface area contributed by atoms with Gasteiger partial charge in [-0.2, -0.15) is 18.3 Å². The van der Waals surface area contributed by atoms with Crippen molar-refractivity contribution in [1.82, 2.24) is 25.1 Å². The van der Waals surface area contributed by atoms with E-state index in [1.165, 1.54) is 30.6 Å². The Morgan fingerprint density at radius 3 is 2.65 bits per heavy atom. The summed E-state index contributed by atoms with van der Waals surface area (Å²) in [7, 11) is 0. The molecule has 0 aliphatic heterocycles. The maximum atomic E-state index is 13.4. The Morgan fingerprint density at radius 1 is 1.26 bits per heavy atom. The van der Waals surface area contributed by atoms with Crippen LogP contribution in [0.4, 0.5) is 13.2 Å². The maximum absolute atomic E-state index is 13.4.